The van der Waals surface area contributed by atoms with Gasteiger partial charge in [-0.3, -0.25) is 4.79 Å². The Labute approximate surface area is 119 Å². The number of amides is 1. The van der Waals surface area contributed by atoms with Crippen molar-refractivity contribution in [2.45, 2.75) is 26.3 Å². The number of aliphatic carboxylic acids is 1. The van der Waals surface area contributed by atoms with Crippen LogP contribution in [0, 0.1) is 5.92 Å². The van der Waals surface area contributed by atoms with Crippen molar-refractivity contribution in [2.75, 3.05) is 0 Å². The number of carboxylic acids is 1. The highest BCUT2D eigenvalue weighted by Gasteiger charge is 2.25. The van der Waals surface area contributed by atoms with E-state index < -0.39 is 17.9 Å². The number of phenolic OH excluding ortho intramolecular Hbond substituents is 1. The van der Waals surface area contributed by atoms with Gasteiger partial charge >= 0.3 is 5.97 Å². The van der Waals surface area contributed by atoms with Crippen LogP contribution in [-0.2, 0) is 4.79 Å². The number of carbonyl (C=O) groups is 2. The van der Waals surface area contributed by atoms with E-state index in [1.807, 2.05) is 6.92 Å². The molecule has 0 heterocycles. The summed E-state index contributed by atoms with van der Waals surface area (Å²) in [5.74, 6) is -1.83. The van der Waals surface area contributed by atoms with Crippen LogP contribution in [0.2, 0.25) is 0 Å². The molecule has 6 heteroatoms. The standard InChI is InChI=1S/C13H16BrNO4/c1-3-7(2)11(13(18)19)15-12(17)8-4-5-9(14)10(16)6-8/h4-7,11,16H,3H2,1-2H3,(H,15,17)(H,18,19)/t7-,11-/m0/s1. The van der Waals surface area contributed by atoms with Gasteiger partial charge in [-0.1, -0.05) is 20.3 Å². The number of hydrogen-bond donors (Lipinski definition) is 3. The van der Waals surface area contributed by atoms with Crippen LogP contribution in [0.3, 0.4) is 0 Å². The molecule has 1 rings (SSSR count). The van der Waals surface area contributed by atoms with Gasteiger partial charge in [0.15, 0.2) is 0 Å². The fourth-order valence-corrected chi connectivity index (χ4v) is 1.81. The monoisotopic (exact) mass is 329 g/mol. The number of phenols is 1. The minimum Gasteiger partial charge on any atom is -0.507 e. The van der Waals surface area contributed by atoms with E-state index in [9.17, 15) is 14.7 Å². The molecule has 0 unspecified atom stereocenters. The number of nitrogens with one attached hydrogen (secondary N) is 1. The highest BCUT2D eigenvalue weighted by Crippen LogP contribution is 2.24. The highest BCUT2D eigenvalue weighted by atomic mass is 79.9. The summed E-state index contributed by atoms with van der Waals surface area (Å²) in [7, 11) is 0. The minimum absolute atomic E-state index is 0.0666. The lowest BCUT2D eigenvalue weighted by Gasteiger charge is -2.20. The second-order valence-corrected chi connectivity index (χ2v) is 5.20. The molecule has 0 fully saturated rings. The van der Waals surface area contributed by atoms with E-state index in [1.54, 1.807) is 6.92 Å². The summed E-state index contributed by atoms with van der Waals surface area (Å²) in [4.78, 5) is 23.1. The SMILES string of the molecule is CC[C@H](C)[C@H](NC(=O)c1ccc(Br)c(O)c1)C(=O)O. The van der Waals surface area contributed by atoms with Crippen molar-refractivity contribution in [3.8, 4) is 5.75 Å². The summed E-state index contributed by atoms with van der Waals surface area (Å²) in [6, 6.07) is 3.38. The quantitative estimate of drug-likeness (QED) is 0.774. The normalized spacial score (nSPS) is 13.6. The molecule has 19 heavy (non-hydrogen) atoms. The van der Waals surface area contributed by atoms with Gasteiger partial charge in [-0.05, 0) is 40.0 Å². The fraction of sp³-hybridized carbons (Fsp3) is 0.385. The van der Waals surface area contributed by atoms with Crippen molar-refractivity contribution >= 4 is 27.8 Å². The van der Waals surface area contributed by atoms with Crippen LogP contribution in [0.1, 0.15) is 30.6 Å². The molecule has 0 aliphatic rings. The lowest BCUT2D eigenvalue weighted by molar-refractivity contribution is -0.140. The zero-order chi connectivity index (χ0) is 14.6. The molecule has 5 nitrogen and oxygen atoms in total. The smallest absolute Gasteiger partial charge is 0.326 e. The Hall–Kier alpha value is -1.56. The molecule has 3 N–H and O–H groups in total. The van der Waals surface area contributed by atoms with E-state index in [-0.39, 0.29) is 17.2 Å². The molecule has 1 aromatic carbocycles. The summed E-state index contributed by atoms with van der Waals surface area (Å²) < 4.78 is 0.473. The van der Waals surface area contributed by atoms with Crippen molar-refractivity contribution < 1.29 is 19.8 Å². The first kappa shape index (κ1) is 15.5. The molecule has 104 valence electrons. The predicted molar refractivity (Wildman–Crippen MR) is 74.2 cm³/mol. The van der Waals surface area contributed by atoms with E-state index in [0.717, 1.165) is 0 Å². The van der Waals surface area contributed by atoms with Crippen molar-refractivity contribution in [1.29, 1.82) is 0 Å². The Kier molecular flexibility index (Phi) is 5.35. The van der Waals surface area contributed by atoms with E-state index in [0.29, 0.717) is 10.9 Å². The van der Waals surface area contributed by atoms with Crippen LogP contribution in [0.5, 0.6) is 5.75 Å². The third kappa shape index (κ3) is 3.96. The Morgan fingerprint density at radius 2 is 2.05 bits per heavy atom. The highest BCUT2D eigenvalue weighted by molar-refractivity contribution is 9.10. The average molecular weight is 330 g/mol. The molecule has 1 amide bonds. The van der Waals surface area contributed by atoms with Gasteiger partial charge < -0.3 is 15.5 Å². The zero-order valence-corrected chi connectivity index (χ0v) is 12.3. The molecule has 2 atom stereocenters. The van der Waals surface area contributed by atoms with Gasteiger partial charge in [-0.25, -0.2) is 4.79 Å². The molecule has 1 aromatic rings. The molecule has 0 aromatic heterocycles. The van der Waals surface area contributed by atoms with Crippen LogP contribution in [0.15, 0.2) is 22.7 Å². The van der Waals surface area contributed by atoms with Crippen LogP contribution in [-0.4, -0.2) is 28.1 Å². The lowest BCUT2D eigenvalue weighted by Crippen LogP contribution is -2.45. The van der Waals surface area contributed by atoms with Gasteiger partial charge in [0.25, 0.3) is 5.91 Å². The molecule has 0 radical (unpaired) electrons. The van der Waals surface area contributed by atoms with Gasteiger partial charge in [0.2, 0.25) is 0 Å². The van der Waals surface area contributed by atoms with Crippen LogP contribution < -0.4 is 5.32 Å². The molecule has 0 aliphatic carbocycles. The van der Waals surface area contributed by atoms with Crippen molar-refractivity contribution in [3.05, 3.63) is 28.2 Å². The zero-order valence-electron chi connectivity index (χ0n) is 10.7. The number of rotatable bonds is 5. The lowest BCUT2D eigenvalue weighted by atomic mass is 9.99. The summed E-state index contributed by atoms with van der Waals surface area (Å²) in [5, 5.41) is 21.1. The van der Waals surface area contributed by atoms with Crippen LogP contribution >= 0.6 is 15.9 Å². The average Bonchev–Trinajstić information content (AvgIpc) is 2.37. The Morgan fingerprint density at radius 3 is 2.53 bits per heavy atom. The maximum Gasteiger partial charge on any atom is 0.326 e. The van der Waals surface area contributed by atoms with Crippen molar-refractivity contribution in [2.24, 2.45) is 5.92 Å². The first-order valence-corrected chi connectivity index (χ1v) is 6.68. The number of benzene rings is 1. The summed E-state index contributed by atoms with van der Waals surface area (Å²) >= 11 is 3.11. The largest absolute Gasteiger partial charge is 0.507 e. The van der Waals surface area contributed by atoms with Gasteiger partial charge in [0.05, 0.1) is 4.47 Å². The molecule has 0 aliphatic heterocycles. The Balaban J connectivity index is 2.87. The van der Waals surface area contributed by atoms with Gasteiger partial charge in [0, 0.05) is 5.56 Å². The number of carbonyl (C=O) groups excluding carboxylic acids is 1. The molecule has 0 spiro atoms. The van der Waals surface area contributed by atoms with Crippen LogP contribution in [0.25, 0.3) is 0 Å². The second-order valence-electron chi connectivity index (χ2n) is 4.34. The number of hydrogen-bond acceptors (Lipinski definition) is 3. The third-order valence-corrected chi connectivity index (χ3v) is 3.64. The van der Waals surface area contributed by atoms with Crippen molar-refractivity contribution in [3.63, 3.8) is 0 Å². The molecular formula is C13H16BrNO4. The maximum atomic E-state index is 11.9. The number of aromatic hydroxyl groups is 1. The predicted octanol–water partition coefficient (Wildman–Crippen LogP) is 2.38. The van der Waals surface area contributed by atoms with Gasteiger partial charge in [-0.2, -0.15) is 0 Å². The van der Waals surface area contributed by atoms with Gasteiger partial charge in [0.1, 0.15) is 11.8 Å². The Morgan fingerprint density at radius 1 is 1.42 bits per heavy atom. The number of halogens is 1. The maximum absolute atomic E-state index is 11.9. The summed E-state index contributed by atoms with van der Waals surface area (Å²) in [5.41, 5.74) is 0.218. The third-order valence-electron chi connectivity index (χ3n) is 2.97. The van der Waals surface area contributed by atoms with E-state index in [1.165, 1.54) is 18.2 Å². The topological polar surface area (TPSA) is 86.6 Å². The van der Waals surface area contributed by atoms with Gasteiger partial charge in [-0.15, -0.1) is 0 Å². The Bertz CT molecular complexity index is 490. The number of carboxylic acid groups (broad SMARTS) is 1. The molecule has 0 bridgehead atoms. The fourth-order valence-electron chi connectivity index (χ4n) is 1.56. The van der Waals surface area contributed by atoms with E-state index in [2.05, 4.69) is 21.2 Å². The second kappa shape index (κ2) is 6.56. The molecule has 0 saturated heterocycles. The minimum atomic E-state index is -1.07. The first-order valence-electron chi connectivity index (χ1n) is 5.89. The molecular weight excluding hydrogens is 314 g/mol. The van der Waals surface area contributed by atoms with Crippen LogP contribution in [0.4, 0.5) is 0 Å². The molecule has 0 saturated carbocycles. The van der Waals surface area contributed by atoms with E-state index in [4.69, 9.17) is 5.11 Å². The summed E-state index contributed by atoms with van der Waals surface area (Å²) in [6.45, 7) is 3.62. The van der Waals surface area contributed by atoms with E-state index >= 15 is 0 Å². The summed E-state index contributed by atoms with van der Waals surface area (Å²) in [6.07, 6.45) is 0.642. The first-order chi connectivity index (χ1) is 8.86. The van der Waals surface area contributed by atoms with Crippen molar-refractivity contribution in [1.82, 2.24) is 5.32 Å².